The molecule has 0 aliphatic rings. The van der Waals surface area contributed by atoms with E-state index in [9.17, 15) is 4.79 Å². The fourth-order valence-electron chi connectivity index (χ4n) is 1.23. The van der Waals surface area contributed by atoms with Gasteiger partial charge in [-0.25, -0.2) is 0 Å². The molecule has 88 valence electrons. The van der Waals surface area contributed by atoms with Gasteiger partial charge >= 0.3 is 0 Å². The Morgan fingerprint density at radius 1 is 1.38 bits per heavy atom. The van der Waals surface area contributed by atoms with E-state index in [4.69, 9.17) is 11.6 Å². The molecule has 0 spiro atoms. The van der Waals surface area contributed by atoms with Crippen LogP contribution in [0.5, 0.6) is 0 Å². The molecule has 1 aromatic rings. The quantitative estimate of drug-likeness (QED) is 0.821. The van der Waals surface area contributed by atoms with Crippen LogP contribution in [0.15, 0.2) is 22.7 Å². The van der Waals surface area contributed by atoms with Gasteiger partial charge in [0.05, 0.1) is 0 Å². The minimum Gasteiger partial charge on any atom is -0.351 e. The van der Waals surface area contributed by atoms with Crippen LogP contribution < -0.4 is 10.6 Å². The van der Waals surface area contributed by atoms with Crippen LogP contribution in [-0.2, 0) is 0 Å². The van der Waals surface area contributed by atoms with Crippen LogP contribution in [0.4, 0.5) is 0 Å². The maximum atomic E-state index is 11.7. The average Bonchev–Trinajstić information content (AvgIpc) is 2.22. The van der Waals surface area contributed by atoms with Gasteiger partial charge in [0.2, 0.25) is 0 Å². The zero-order valence-electron chi connectivity index (χ0n) is 9.02. The van der Waals surface area contributed by atoms with Crippen molar-refractivity contribution in [3.8, 4) is 0 Å². The maximum absolute atomic E-state index is 11.7. The number of amides is 1. The highest BCUT2D eigenvalue weighted by Crippen LogP contribution is 2.19. The monoisotopic (exact) mass is 304 g/mol. The molecule has 0 saturated carbocycles. The Morgan fingerprint density at radius 3 is 2.75 bits per heavy atom. The first-order valence-corrected chi connectivity index (χ1v) is 6.25. The summed E-state index contributed by atoms with van der Waals surface area (Å²) in [6.45, 7) is 4.30. The Hall–Kier alpha value is -0.580. The summed E-state index contributed by atoms with van der Waals surface area (Å²) in [5.41, 5.74) is 0.566. The predicted octanol–water partition coefficient (Wildman–Crippen LogP) is 2.44. The van der Waals surface area contributed by atoms with Crippen molar-refractivity contribution in [3.63, 3.8) is 0 Å². The Labute approximate surface area is 109 Å². The molecule has 0 aliphatic carbocycles. The second-order valence-corrected chi connectivity index (χ2v) is 4.62. The lowest BCUT2D eigenvalue weighted by Gasteiger charge is -2.06. The molecule has 2 N–H and O–H groups in total. The van der Waals surface area contributed by atoms with Gasteiger partial charge in [-0.05, 0) is 24.7 Å². The number of hydrogen-bond donors (Lipinski definition) is 2. The van der Waals surface area contributed by atoms with Crippen molar-refractivity contribution >= 4 is 33.4 Å². The Kier molecular flexibility index (Phi) is 5.80. The lowest BCUT2D eigenvalue weighted by molar-refractivity contribution is 0.0954. The summed E-state index contributed by atoms with van der Waals surface area (Å²) in [7, 11) is 0. The van der Waals surface area contributed by atoms with Crippen LogP contribution in [-0.4, -0.2) is 25.5 Å². The average molecular weight is 306 g/mol. The number of carbonyl (C=O) groups is 1. The van der Waals surface area contributed by atoms with Crippen molar-refractivity contribution in [1.29, 1.82) is 0 Å². The number of hydrogen-bond acceptors (Lipinski definition) is 2. The lowest BCUT2D eigenvalue weighted by Crippen LogP contribution is -2.31. The zero-order valence-corrected chi connectivity index (χ0v) is 11.4. The SMILES string of the molecule is CCNCCNC(=O)c1cc(Cl)cc(Br)c1. The molecule has 0 bridgehead atoms. The van der Waals surface area contributed by atoms with E-state index >= 15 is 0 Å². The van der Waals surface area contributed by atoms with E-state index in [1.54, 1.807) is 18.2 Å². The third-order valence-electron chi connectivity index (χ3n) is 1.96. The van der Waals surface area contributed by atoms with Gasteiger partial charge in [0.15, 0.2) is 0 Å². The number of nitrogens with one attached hydrogen (secondary N) is 2. The van der Waals surface area contributed by atoms with Gasteiger partial charge in [-0.1, -0.05) is 34.5 Å². The summed E-state index contributed by atoms with van der Waals surface area (Å²) < 4.78 is 0.803. The fraction of sp³-hybridized carbons (Fsp3) is 0.364. The number of halogens is 2. The van der Waals surface area contributed by atoms with Crippen LogP contribution in [0.1, 0.15) is 17.3 Å². The predicted molar refractivity (Wildman–Crippen MR) is 70.0 cm³/mol. The molecule has 1 rings (SSSR count). The first-order valence-electron chi connectivity index (χ1n) is 5.08. The van der Waals surface area contributed by atoms with E-state index in [0.29, 0.717) is 17.1 Å². The first-order chi connectivity index (χ1) is 7.63. The Balaban J connectivity index is 2.52. The van der Waals surface area contributed by atoms with E-state index in [1.165, 1.54) is 0 Å². The van der Waals surface area contributed by atoms with E-state index in [2.05, 4.69) is 26.6 Å². The maximum Gasteiger partial charge on any atom is 0.251 e. The molecule has 0 aromatic heterocycles. The molecule has 3 nitrogen and oxygen atoms in total. The van der Waals surface area contributed by atoms with Gasteiger partial charge in [-0.3, -0.25) is 4.79 Å². The number of likely N-dealkylation sites (N-methyl/N-ethyl adjacent to an activating group) is 1. The number of rotatable bonds is 5. The normalized spacial score (nSPS) is 10.2. The smallest absolute Gasteiger partial charge is 0.251 e. The molecule has 5 heteroatoms. The highest BCUT2D eigenvalue weighted by Gasteiger charge is 2.06. The molecule has 0 heterocycles. The summed E-state index contributed by atoms with van der Waals surface area (Å²) >= 11 is 9.15. The van der Waals surface area contributed by atoms with Crippen LogP contribution in [0.2, 0.25) is 5.02 Å². The van der Waals surface area contributed by atoms with Gasteiger partial charge in [0.1, 0.15) is 0 Å². The van der Waals surface area contributed by atoms with Crippen molar-refractivity contribution in [2.24, 2.45) is 0 Å². The number of carbonyl (C=O) groups excluding carboxylic acids is 1. The van der Waals surface area contributed by atoms with Crippen LogP contribution in [0.25, 0.3) is 0 Å². The minimum atomic E-state index is -0.110. The van der Waals surface area contributed by atoms with Crippen molar-refractivity contribution in [2.75, 3.05) is 19.6 Å². The summed E-state index contributed by atoms with van der Waals surface area (Å²) in [6.07, 6.45) is 0. The van der Waals surface area contributed by atoms with Crippen molar-refractivity contribution < 1.29 is 4.79 Å². The molecular formula is C11H14BrClN2O. The van der Waals surface area contributed by atoms with E-state index < -0.39 is 0 Å². The van der Waals surface area contributed by atoms with Gasteiger partial charge in [-0.15, -0.1) is 0 Å². The summed E-state index contributed by atoms with van der Waals surface area (Å²) in [4.78, 5) is 11.7. The van der Waals surface area contributed by atoms with Gasteiger partial charge in [0, 0.05) is 28.1 Å². The summed E-state index contributed by atoms with van der Waals surface area (Å²) in [5, 5.41) is 6.48. The van der Waals surface area contributed by atoms with E-state index in [1.807, 2.05) is 6.92 Å². The van der Waals surface area contributed by atoms with E-state index in [0.717, 1.165) is 17.6 Å². The molecule has 0 unspecified atom stereocenters. The molecule has 0 saturated heterocycles. The second-order valence-electron chi connectivity index (χ2n) is 3.27. The summed E-state index contributed by atoms with van der Waals surface area (Å²) in [6, 6.07) is 5.14. The Morgan fingerprint density at radius 2 is 2.12 bits per heavy atom. The molecular weight excluding hydrogens is 291 g/mol. The highest BCUT2D eigenvalue weighted by molar-refractivity contribution is 9.10. The third-order valence-corrected chi connectivity index (χ3v) is 2.64. The molecule has 0 aliphatic heterocycles. The largest absolute Gasteiger partial charge is 0.351 e. The van der Waals surface area contributed by atoms with E-state index in [-0.39, 0.29) is 5.91 Å². The first kappa shape index (κ1) is 13.5. The molecule has 0 radical (unpaired) electrons. The fourth-order valence-corrected chi connectivity index (χ4v) is 2.09. The zero-order chi connectivity index (χ0) is 12.0. The number of benzene rings is 1. The van der Waals surface area contributed by atoms with Crippen LogP contribution >= 0.6 is 27.5 Å². The molecule has 0 fully saturated rings. The molecule has 1 aromatic carbocycles. The Bertz CT molecular complexity index is 351. The highest BCUT2D eigenvalue weighted by atomic mass is 79.9. The standard InChI is InChI=1S/C11H14BrClN2O/c1-2-14-3-4-15-11(16)8-5-9(12)7-10(13)6-8/h5-7,14H,2-4H2,1H3,(H,15,16). The second kappa shape index (κ2) is 6.89. The molecule has 1 amide bonds. The van der Waals surface area contributed by atoms with Crippen LogP contribution in [0.3, 0.4) is 0 Å². The lowest BCUT2D eigenvalue weighted by atomic mass is 10.2. The van der Waals surface area contributed by atoms with Crippen molar-refractivity contribution in [1.82, 2.24) is 10.6 Å². The van der Waals surface area contributed by atoms with Crippen molar-refractivity contribution in [2.45, 2.75) is 6.92 Å². The topological polar surface area (TPSA) is 41.1 Å². The molecule has 0 atom stereocenters. The minimum absolute atomic E-state index is 0.110. The van der Waals surface area contributed by atoms with Gasteiger partial charge in [0.25, 0.3) is 5.91 Å². The third kappa shape index (κ3) is 4.51. The summed E-state index contributed by atoms with van der Waals surface area (Å²) in [5.74, 6) is -0.110. The van der Waals surface area contributed by atoms with Crippen LogP contribution in [0, 0.1) is 0 Å². The van der Waals surface area contributed by atoms with Gasteiger partial charge < -0.3 is 10.6 Å². The molecule has 16 heavy (non-hydrogen) atoms. The van der Waals surface area contributed by atoms with Crippen molar-refractivity contribution in [3.05, 3.63) is 33.3 Å². The van der Waals surface area contributed by atoms with Gasteiger partial charge in [-0.2, -0.15) is 0 Å².